The van der Waals surface area contributed by atoms with Crippen molar-refractivity contribution >= 4 is 42.1 Å². The summed E-state index contributed by atoms with van der Waals surface area (Å²) in [5, 5.41) is 5.94. The van der Waals surface area contributed by atoms with Crippen LogP contribution in [0.5, 0.6) is 0 Å². The van der Waals surface area contributed by atoms with E-state index in [1.54, 1.807) is 11.3 Å². The summed E-state index contributed by atoms with van der Waals surface area (Å²) in [6.07, 6.45) is 2.53. The number of halogens is 2. The molecular formula is C11H19Cl2N3OS. The van der Waals surface area contributed by atoms with Gasteiger partial charge in [-0.3, -0.25) is 4.79 Å². The number of carbonyl (C=O) groups is 1. The molecule has 1 fully saturated rings. The summed E-state index contributed by atoms with van der Waals surface area (Å²) in [5.74, 6) is 0.567. The molecule has 0 saturated heterocycles. The average molecular weight is 312 g/mol. The molecule has 104 valence electrons. The quantitative estimate of drug-likeness (QED) is 0.874. The van der Waals surface area contributed by atoms with Crippen LogP contribution in [-0.2, 0) is 11.3 Å². The second-order valence-electron chi connectivity index (χ2n) is 4.29. The summed E-state index contributed by atoms with van der Waals surface area (Å²) in [5.41, 5.74) is 6.62. The Morgan fingerprint density at radius 3 is 2.83 bits per heavy atom. The van der Waals surface area contributed by atoms with E-state index in [4.69, 9.17) is 5.73 Å². The molecule has 0 bridgehead atoms. The highest BCUT2D eigenvalue weighted by molar-refractivity contribution is 7.09. The number of nitrogens with one attached hydrogen (secondary N) is 1. The summed E-state index contributed by atoms with van der Waals surface area (Å²) in [4.78, 5) is 16.0. The van der Waals surface area contributed by atoms with Crippen molar-refractivity contribution in [3.63, 3.8) is 0 Å². The number of hydrogen-bond donors (Lipinski definition) is 2. The molecule has 2 rings (SSSR count). The molecular weight excluding hydrogens is 293 g/mol. The number of nitrogens with two attached hydrogens (primary N) is 1. The highest BCUT2D eigenvalue weighted by Crippen LogP contribution is 2.40. The molecule has 7 heteroatoms. The first kappa shape index (κ1) is 17.6. The SMILES string of the molecule is CC(CN)C(=O)NCc1nc(C2CC2)cs1.Cl.Cl. The van der Waals surface area contributed by atoms with Gasteiger partial charge in [-0.15, -0.1) is 36.2 Å². The Balaban J connectivity index is 0.00000144. The number of hydrogen-bond acceptors (Lipinski definition) is 4. The van der Waals surface area contributed by atoms with Gasteiger partial charge in [-0.2, -0.15) is 0 Å². The minimum Gasteiger partial charge on any atom is -0.349 e. The van der Waals surface area contributed by atoms with Gasteiger partial charge in [-0.05, 0) is 12.8 Å². The van der Waals surface area contributed by atoms with Gasteiger partial charge < -0.3 is 11.1 Å². The van der Waals surface area contributed by atoms with Crippen molar-refractivity contribution in [3.8, 4) is 0 Å². The summed E-state index contributed by atoms with van der Waals surface area (Å²) in [6, 6.07) is 0. The number of amides is 1. The Morgan fingerprint density at radius 2 is 2.28 bits per heavy atom. The minimum atomic E-state index is -0.122. The van der Waals surface area contributed by atoms with E-state index in [2.05, 4.69) is 15.7 Å². The molecule has 0 radical (unpaired) electrons. The fraction of sp³-hybridized carbons (Fsp3) is 0.636. The second-order valence-corrected chi connectivity index (χ2v) is 5.24. The monoisotopic (exact) mass is 311 g/mol. The van der Waals surface area contributed by atoms with Crippen molar-refractivity contribution in [2.75, 3.05) is 6.54 Å². The first-order chi connectivity index (χ1) is 7.70. The van der Waals surface area contributed by atoms with Gasteiger partial charge >= 0.3 is 0 Å². The minimum absolute atomic E-state index is 0. The van der Waals surface area contributed by atoms with Crippen LogP contribution in [0.3, 0.4) is 0 Å². The molecule has 3 N–H and O–H groups in total. The van der Waals surface area contributed by atoms with Crippen LogP contribution < -0.4 is 11.1 Å². The van der Waals surface area contributed by atoms with Crippen LogP contribution >= 0.6 is 36.2 Å². The molecule has 1 atom stereocenters. The third kappa shape index (κ3) is 4.72. The number of rotatable bonds is 5. The Kier molecular flexibility index (Phi) is 7.78. The van der Waals surface area contributed by atoms with E-state index in [0.717, 1.165) is 5.01 Å². The molecule has 1 unspecified atom stereocenters. The Hall–Kier alpha value is -0.360. The van der Waals surface area contributed by atoms with Crippen LogP contribution in [0.2, 0.25) is 0 Å². The van der Waals surface area contributed by atoms with Crippen molar-refractivity contribution in [2.24, 2.45) is 11.7 Å². The number of nitrogens with zero attached hydrogens (tertiary/aromatic N) is 1. The van der Waals surface area contributed by atoms with Gasteiger partial charge in [0.1, 0.15) is 5.01 Å². The van der Waals surface area contributed by atoms with E-state index in [9.17, 15) is 4.79 Å². The number of thiazole rings is 1. The van der Waals surface area contributed by atoms with Gasteiger partial charge in [-0.1, -0.05) is 6.92 Å². The smallest absolute Gasteiger partial charge is 0.224 e. The maximum atomic E-state index is 11.5. The van der Waals surface area contributed by atoms with E-state index in [1.807, 2.05) is 6.92 Å². The third-order valence-corrected chi connectivity index (χ3v) is 3.65. The number of aromatic nitrogens is 1. The van der Waals surface area contributed by atoms with Crippen LogP contribution in [0.15, 0.2) is 5.38 Å². The van der Waals surface area contributed by atoms with Crippen molar-refractivity contribution in [1.82, 2.24) is 10.3 Å². The third-order valence-electron chi connectivity index (χ3n) is 2.78. The molecule has 1 amide bonds. The highest BCUT2D eigenvalue weighted by atomic mass is 35.5. The molecule has 18 heavy (non-hydrogen) atoms. The fourth-order valence-electron chi connectivity index (χ4n) is 1.42. The van der Waals surface area contributed by atoms with Gasteiger partial charge in [0.15, 0.2) is 0 Å². The lowest BCUT2D eigenvalue weighted by Crippen LogP contribution is -2.32. The molecule has 0 aromatic carbocycles. The van der Waals surface area contributed by atoms with Gasteiger partial charge in [-0.25, -0.2) is 4.98 Å². The Bertz CT molecular complexity index is 382. The molecule has 0 aliphatic heterocycles. The van der Waals surface area contributed by atoms with E-state index in [-0.39, 0.29) is 36.6 Å². The van der Waals surface area contributed by atoms with Crippen LogP contribution in [0.1, 0.15) is 36.4 Å². The fourth-order valence-corrected chi connectivity index (χ4v) is 2.23. The lowest BCUT2D eigenvalue weighted by atomic mass is 10.2. The second kappa shape index (κ2) is 7.94. The predicted molar refractivity (Wildman–Crippen MR) is 78.7 cm³/mol. The zero-order valence-corrected chi connectivity index (χ0v) is 12.7. The summed E-state index contributed by atoms with van der Waals surface area (Å²) in [6.45, 7) is 2.74. The number of carbonyl (C=O) groups excluding carboxylic acids is 1. The van der Waals surface area contributed by atoms with Gasteiger partial charge in [0.05, 0.1) is 12.2 Å². The maximum absolute atomic E-state index is 11.5. The van der Waals surface area contributed by atoms with E-state index < -0.39 is 0 Å². The van der Waals surface area contributed by atoms with Crippen LogP contribution in [0, 0.1) is 5.92 Å². The maximum Gasteiger partial charge on any atom is 0.224 e. The zero-order valence-electron chi connectivity index (χ0n) is 10.2. The molecule has 1 aromatic heterocycles. The predicted octanol–water partition coefficient (Wildman–Crippen LogP) is 2.08. The molecule has 4 nitrogen and oxygen atoms in total. The van der Waals surface area contributed by atoms with Gasteiger partial charge in [0.2, 0.25) is 5.91 Å². The first-order valence-corrected chi connectivity index (χ1v) is 6.50. The molecule has 1 heterocycles. The average Bonchev–Trinajstić information content (AvgIpc) is 3.05. The largest absolute Gasteiger partial charge is 0.349 e. The van der Waals surface area contributed by atoms with Crippen LogP contribution in [-0.4, -0.2) is 17.4 Å². The van der Waals surface area contributed by atoms with E-state index >= 15 is 0 Å². The zero-order chi connectivity index (χ0) is 11.5. The van der Waals surface area contributed by atoms with Gasteiger partial charge in [0.25, 0.3) is 0 Å². The normalized spacial score (nSPS) is 15.2. The molecule has 0 spiro atoms. The standard InChI is InChI=1S/C11H17N3OS.2ClH/c1-7(4-12)11(15)13-5-10-14-9(6-16-10)8-2-3-8;;/h6-8H,2-5,12H2,1H3,(H,13,15);2*1H. The van der Waals surface area contributed by atoms with E-state index in [0.29, 0.717) is 19.0 Å². The van der Waals surface area contributed by atoms with Crippen LogP contribution in [0.25, 0.3) is 0 Å². The van der Waals surface area contributed by atoms with Crippen molar-refractivity contribution in [1.29, 1.82) is 0 Å². The Labute approximate surface area is 124 Å². The Morgan fingerprint density at radius 1 is 1.61 bits per heavy atom. The highest BCUT2D eigenvalue weighted by Gasteiger charge is 2.26. The molecule has 1 saturated carbocycles. The first-order valence-electron chi connectivity index (χ1n) is 5.62. The topological polar surface area (TPSA) is 68.0 Å². The van der Waals surface area contributed by atoms with E-state index in [1.165, 1.54) is 18.5 Å². The molecule has 1 aromatic rings. The molecule has 1 aliphatic carbocycles. The molecule has 1 aliphatic rings. The summed E-state index contributed by atoms with van der Waals surface area (Å²) < 4.78 is 0. The van der Waals surface area contributed by atoms with Crippen molar-refractivity contribution < 1.29 is 4.79 Å². The van der Waals surface area contributed by atoms with Crippen LogP contribution in [0.4, 0.5) is 0 Å². The summed E-state index contributed by atoms with van der Waals surface area (Å²) in [7, 11) is 0. The summed E-state index contributed by atoms with van der Waals surface area (Å²) >= 11 is 1.62. The lowest BCUT2D eigenvalue weighted by Gasteiger charge is -2.07. The lowest BCUT2D eigenvalue weighted by molar-refractivity contribution is -0.124. The van der Waals surface area contributed by atoms with Crippen molar-refractivity contribution in [2.45, 2.75) is 32.2 Å². The van der Waals surface area contributed by atoms with Crippen molar-refractivity contribution in [3.05, 3.63) is 16.1 Å². The van der Waals surface area contributed by atoms with Gasteiger partial charge in [0, 0.05) is 23.8 Å².